The molecule has 0 saturated heterocycles. The maximum absolute atomic E-state index is 11.6. The highest BCUT2D eigenvalue weighted by Gasteiger charge is 2.14. The molecule has 0 spiro atoms. The van der Waals surface area contributed by atoms with Gasteiger partial charge in [0.15, 0.2) is 5.69 Å². The van der Waals surface area contributed by atoms with Crippen LogP contribution in [-0.4, -0.2) is 22.0 Å². The maximum atomic E-state index is 11.6. The van der Waals surface area contributed by atoms with Crippen LogP contribution >= 0.6 is 0 Å². The zero-order valence-corrected chi connectivity index (χ0v) is 8.40. The quantitative estimate of drug-likeness (QED) is 0.720. The molecular weight excluding hydrogens is 192 g/mol. The van der Waals surface area contributed by atoms with Crippen molar-refractivity contribution in [1.29, 1.82) is 0 Å². The molecule has 0 aromatic carbocycles. The van der Waals surface area contributed by atoms with Crippen LogP contribution in [0.4, 0.5) is 0 Å². The summed E-state index contributed by atoms with van der Waals surface area (Å²) in [5.74, 6) is 1.82. The van der Waals surface area contributed by atoms with Gasteiger partial charge in [-0.1, -0.05) is 12.8 Å². The van der Waals surface area contributed by atoms with Crippen molar-refractivity contribution in [2.75, 3.05) is 0 Å². The molecule has 1 atom stereocenters. The Bertz CT molecular complexity index is 396. The molecule has 0 aliphatic carbocycles. The van der Waals surface area contributed by atoms with Crippen LogP contribution in [0.1, 0.15) is 23.8 Å². The standard InChI is InChI=1S/C11H12N2O2/c1-3-8(4-2)13-11(15)10-9(14)6-5-7-12-10/h1,5-8,14H,4H2,2H3,(H,13,15). The average molecular weight is 204 g/mol. The molecule has 0 radical (unpaired) electrons. The summed E-state index contributed by atoms with van der Waals surface area (Å²) in [6.07, 6.45) is 7.27. The van der Waals surface area contributed by atoms with Crippen LogP contribution in [0.2, 0.25) is 0 Å². The van der Waals surface area contributed by atoms with Crippen LogP contribution < -0.4 is 5.32 Å². The molecule has 15 heavy (non-hydrogen) atoms. The molecule has 1 heterocycles. The highest BCUT2D eigenvalue weighted by molar-refractivity contribution is 5.95. The van der Waals surface area contributed by atoms with Gasteiger partial charge in [-0.05, 0) is 18.6 Å². The van der Waals surface area contributed by atoms with Gasteiger partial charge in [-0.15, -0.1) is 6.42 Å². The SMILES string of the molecule is C#CC(CC)NC(=O)c1ncccc1O. The van der Waals surface area contributed by atoms with Crippen LogP contribution in [0.5, 0.6) is 5.75 Å². The summed E-state index contributed by atoms with van der Waals surface area (Å²) in [6, 6.07) is 2.61. The minimum atomic E-state index is -0.460. The topological polar surface area (TPSA) is 62.2 Å². The Balaban J connectivity index is 2.79. The first-order chi connectivity index (χ1) is 7.19. The van der Waals surface area contributed by atoms with E-state index < -0.39 is 5.91 Å². The van der Waals surface area contributed by atoms with E-state index in [0.29, 0.717) is 6.42 Å². The number of amides is 1. The molecule has 0 aliphatic heterocycles. The summed E-state index contributed by atoms with van der Waals surface area (Å²) in [4.78, 5) is 15.3. The van der Waals surface area contributed by atoms with Gasteiger partial charge in [-0.2, -0.15) is 0 Å². The van der Waals surface area contributed by atoms with Crippen LogP contribution in [0.15, 0.2) is 18.3 Å². The Labute approximate surface area is 88.3 Å². The van der Waals surface area contributed by atoms with Gasteiger partial charge in [0, 0.05) is 6.20 Å². The fourth-order valence-electron chi connectivity index (χ4n) is 1.06. The van der Waals surface area contributed by atoms with Crippen molar-refractivity contribution in [3.63, 3.8) is 0 Å². The third-order valence-corrected chi connectivity index (χ3v) is 1.92. The fraction of sp³-hybridized carbons (Fsp3) is 0.273. The Morgan fingerprint density at radius 1 is 1.80 bits per heavy atom. The first kappa shape index (κ1) is 11.1. The minimum absolute atomic E-state index is 0.00815. The highest BCUT2D eigenvalue weighted by Crippen LogP contribution is 2.12. The number of aromatic hydroxyl groups is 1. The number of nitrogens with one attached hydrogen (secondary N) is 1. The summed E-state index contributed by atoms with van der Waals surface area (Å²) < 4.78 is 0. The zero-order valence-electron chi connectivity index (χ0n) is 8.40. The molecule has 4 heteroatoms. The smallest absolute Gasteiger partial charge is 0.274 e. The molecular formula is C11H12N2O2. The molecule has 1 aromatic heterocycles. The van der Waals surface area contributed by atoms with E-state index in [1.807, 2.05) is 6.92 Å². The lowest BCUT2D eigenvalue weighted by Gasteiger charge is -2.10. The minimum Gasteiger partial charge on any atom is -0.505 e. The number of hydrogen-bond acceptors (Lipinski definition) is 3. The lowest BCUT2D eigenvalue weighted by atomic mass is 10.2. The largest absolute Gasteiger partial charge is 0.505 e. The first-order valence-corrected chi connectivity index (χ1v) is 4.60. The molecule has 1 aromatic rings. The summed E-state index contributed by atoms with van der Waals surface area (Å²) in [5.41, 5.74) is -0.00815. The molecule has 1 amide bonds. The predicted octanol–water partition coefficient (Wildman–Crippen LogP) is 0.929. The lowest BCUT2D eigenvalue weighted by Crippen LogP contribution is -2.33. The van der Waals surface area contributed by atoms with Gasteiger partial charge in [-0.25, -0.2) is 4.98 Å². The number of nitrogens with zero attached hydrogens (tertiary/aromatic N) is 1. The van der Waals surface area contributed by atoms with Crippen LogP contribution in [0.25, 0.3) is 0 Å². The van der Waals surface area contributed by atoms with E-state index >= 15 is 0 Å². The van der Waals surface area contributed by atoms with Gasteiger partial charge in [-0.3, -0.25) is 4.79 Å². The van der Waals surface area contributed by atoms with Gasteiger partial charge in [0.2, 0.25) is 0 Å². The van der Waals surface area contributed by atoms with Crippen molar-refractivity contribution in [2.24, 2.45) is 0 Å². The second-order valence-corrected chi connectivity index (χ2v) is 2.97. The number of pyridine rings is 1. The van der Waals surface area contributed by atoms with E-state index in [1.54, 1.807) is 6.07 Å². The predicted molar refractivity (Wildman–Crippen MR) is 56.3 cm³/mol. The van der Waals surface area contributed by atoms with Crippen molar-refractivity contribution >= 4 is 5.91 Å². The molecule has 2 N–H and O–H groups in total. The first-order valence-electron chi connectivity index (χ1n) is 4.60. The van der Waals surface area contributed by atoms with Gasteiger partial charge in [0.25, 0.3) is 5.91 Å². The second-order valence-electron chi connectivity index (χ2n) is 2.97. The number of aromatic nitrogens is 1. The van der Waals surface area contributed by atoms with E-state index in [9.17, 15) is 9.90 Å². The number of carbonyl (C=O) groups excluding carboxylic acids is 1. The third-order valence-electron chi connectivity index (χ3n) is 1.92. The average Bonchev–Trinajstić information content (AvgIpc) is 2.26. The van der Waals surface area contributed by atoms with Crippen LogP contribution in [-0.2, 0) is 0 Å². The molecule has 4 nitrogen and oxygen atoms in total. The molecule has 1 unspecified atom stereocenters. The van der Waals surface area contributed by atoms with Crippen molar-refractivity contribution in [2.45, 2.75) is 19.4 Å². The summed E-state index contributed by atoms with van der Waals surface area (Å²) in [6.45, 7) is 1.86. The van der Waals surface area contributed by atoms with Gasteiger partial charge < -0.3 is 10.4 Å². The van der Waals surface area contributed by atoms with Crippen molar-refractivity contribution in [3.8, 4) is 18.1 Å². The fourth-order valence-corrected chi connectivity index (χ4v) is 1.06. The number of hydrogen-bond donors (Lipinski definition) is 2. The molecule has 0 fully saturated rings. The monoisotopic (exact) mass is 204 g/mol. The highest BCUT2D eigenvalue weighted by atomic mass is 16.3. The third kappa shape index (κ3) is 2.71. The van der Waals surface area contributed by atoms with Gasteiger partial charge >= 0.3 is 0 Å². The summed E-state index contributed by atoms with van der Waals surface area (Å²) in [5, 5.41) is 11.9. The molecule has 78 valence electrons. The van der Waals surface area contributed by atoms with E-state index in [1.165, 1.54) is 12.3 Å². The van der Waals surface area contributed by atoms with Gasteiger partial charge in [0.1, 0.15) is 5.75 Å². The van der Waals surface area contributed by atoms with E-state index in [2.05, 4.69) is 16.2 Å². The Morgan fingerprint density at radius 2 is 2.53 bits per heavy atom. The number of terminal acetylenes is 1. The molecule has 0 saturated carbocycles. The maximum Gasteiger partial charge on any atom is 0.274 e. The van der Waals surface area contributed by atoms with E-state index in [-0.39, 0.29) is 17.5 Å². The summed E-state index contributed by atoms with van der Waals surface area (Å²) in [7, 11) is 0. The van der Waals surface area contributed by atoms with E-state index in [4.69, 9.17) is 6.42 Å². The zero-order chi connectivity index (χ0) is 11.3. The lowest BCUT2D eigenvalue weighted by molar-refractivity contribution is 0.0937. The molecule has 0 aliphatic rings. The normalized spacial score (nSPS) is 11.5. The van der Waals surface area contributed by atoms with E-state index in [0.717, 1.165) is 0 Å². The molecule has 1 rings (SSSR count). The molecule has 0 bridgehead atoms. The van der Waals surface area contributed by atoms with Gasteiger partial charge in [0.05, 0.1) is 6.04 Å². The van der Waals surface area contributed by atoms with Crippen molar-refractivity contribution in [3.05, 3.63) is 24.0 Å². The van der Waals surface area contributed by atoms with Crippen LogP contribution in [0.3, 0.4) is 0 Å². The number of rotatable bonds is 3. The second kappa shape index (κ2) is 5.01. The van der Waals surface area contributed by atoms with Crippen molar-refractivity contribution < 1.29 is 9.90 Å². The Morgan fingerprint density at radius 3 is 3.07 bits per heavy atom. The Hall–Kier alpha value is -2.02. The number of carbonyl (C=O) groups is 1. The summed E-state index contributed by atoms with van der Waals surface area (Å²) >= 11 is 0. The van der Waals surface area contributed by atoms with Crippen molar-refractivity contribution in [1.82, 2.24) is 10.3 Å². The Kier molecular flexibility index (Phi) is 3.69. The van der Waals surface area contributed by atoms with Crippen LogP contribution in [0, 0.1) is 12.3 Å².